The predicted octanol–water partition coefficient (Wildman–Crippen LogP) is 5.92. The van der Waals surface area contributed by atoms with E-state index in [1.807, 2.05) is 47.7 Å². The van der Waals surface area contributed by atoms with Crippen molar-refractivity contribution in [1.82, 2.24) is 0 Å². The molecule has 0 aliphatic carbocycles. The molecule has 0 fully saturated rings. The lowest BCUT2D eigenvalue weighted by molar-refractivity contribution is -0.112. The number of carbonyl (C=O) groups is 1. The maximum absolute atomic E-state index is 12.8. The number of hydrogen-bond donors (Lipinski definition) is 1. The fraction of sp³-hybridized carbons (Fsp3) is 0.120. The first-order chi connectivity index (χ1) is 16.6. The number of carbonyl (C=O) groups excluding carboxylic acids is 1. The van der Waals surface area contributed by atoms with Gasteiger partial charge in [-0.2, -0.15) is 13.7 Å². The Morgan fingerprint density at radius 1 is 1.09 bits per heavy atom. The second-order valence-corrected chi connectivity index (χ2v) is 11.2. The third-order valence-electron chi connectivity index (χ3n) is 4.61. The lowest BCUT2D eigenvalue weighted by Crippen LogP contribution is -2.13. The summed E-state index contributed by atoms with van der Waals surface area (Å²) in [6, 6.07) is 18.5. The molecule has 0 saturated heterocycles. The molecule has 0 aromatic heterocycles. The number of aryl methyl sites for hydroxylation is 1. The molecule has 0 unspecified atom stereocenters. The Balaban J connectivity index is 1.93. The van der Waals surface area contributed by atoms with Crippen molar-refractivity contribution in [3.8, 4) is 17.6 Å². The van der Waals surface area contributed by atoms with E-state index in [-0.39, 0.29) is 28.6 Å². The fourth-order valence-electron chi connectivity index (χ4n) is 2.92. The van der Waals surface area contributed by atoms with Crippen LogP contribution in [-0.2, 0) is 14.9 Å². The first-order valence-corrected chi connectivity index (χ1v) is 13.9. The van der Waals surface area contributed by atoms with Gasteiger partial charge in [0.05, 0.1) is 10.2 Å². The van der Waals surface area contributed by atoms with Gasteiger partial charge in [-0.1, -0.05) is 17.7 Å². The smallest absolute Gasteiger partial charge is 0.339 e. The summed E-state index contributed by atoms with van der Waals surface area (Å²) in [5, 5.41) is 12.2. The summed E-state index contributed by atoms with van der Waals surface area (Å²) in [7, 11) is -4.10. The highest BCUT2D eigenvalue weighted by molar-refractivity contribution is 14.1. The SMILES string of the molecule is CCOc1cc(/C=C(/C#N)C(=O)Nc2ccc(I)cc2)cc(I)c1OS(=O)(=O)c1ccc(C)cc1. The Hall–Kier alpha value is -2.63. The number of halogens is 2. The van der Waals surface area contributed by atoms with Crippen molar-refractivity contribution in [2.45, 2.75) is 18.7 Å². The molecule has 0 aliphatic heterocycles. The van der Waals surface area contributed by atoms with E-state index < -0.39 is 16.0 Å². The first-order valence-electron chi connectivity index (χ1n) is 10.3. The molecule has 3 aromatic rings. The zero-order valence-electron chi connectivity index (χ0n) is 18.7. The van der Waals surface area contributed by atoms with Gasteiger partial charge >= 0.3 is 10.1 Å². The van der Waals surface area contributed by atoms with Crippen LogP contribution in [0.1, 0.15) is 18.1 Å². The third-order valence-corrected chi connectivity index (χ3v) is 7.37. The van der Waals surface area contributed by atoms with Crippen molar-refractivity contribution >= 4 is 73.0 Å². The standard InChI is InChI=1S/C25H20I2N2O5S/c1-3-33-23-14-17(12-18(15-28)25(30)29-20-8-6-19(26)7-9-20)13-22(27)24(23)34-35(31,32)21-10-4-16(2)5-11-21/h4-14H,3H2,1-2H3,(H,29,30)/b18-12-. The summed E-state index contributed by atoms with van der Waals surface area (Å²) >= 11 is 4.09. The summed E-state index contributed by atoms with van der Waals surface area (Å²) in [5.74, 6) is -0.354. The van der Waals surface area contributed by atoms with E-state index in [0.29, 0.717) is 14.8 Å². The summed E-state index contributed by atoms with van der Waals surface area (Å²) in [4.78, 5) is 12.6. The molecule has 180 valence electrons. The Bertz CT molecular complexity index is 1410. The summed E-state index contributed by atoms with van der Waals surface area (Å²) in [6.07, 6.45) is 1.41. The lowest BCUT2D eigenvalue weighted by Gasteiger charge is -2.15. The van der Waals surface area contributed by atoms with Crippen LogP contribution in [0.5, 0.6) is 11.5 Å². The van der Waals surface area contributed by atoms with E-state index in [0.717, 1.165) is 9.13 Å². The largest absolute Gasteiger partial charge is 0.490 e. The first kappa shape index (κ1) is 27.0. The maximum Gasteiger partial charge on any atom is 0.339 e. The van der Waals surface area contributed by atoms with Crippen LogP contribution in [0.4, 0.5) is 5.69 Å². The second-order valence-electron chi connectivity index (χ2n) is 7.24. The summed E-state index contributed by atoms with van der Waals surface area (Å²) in [6.45, 7) is 3.86. The van der Waals surface area contributed by atoms with Crippen LogP contribution in [0.15, 0.2) is 71.1 Å². The van der Waals surface area contributed by atoms with Crippen LogP contribution in [0, 0.1) is 25.4 Å². The van der Waals surface area contributed by atoms with Crippen LogP contribution in [0.3, 0.4) is 0 Å². The minimum absolute atomic E-state index is 0.0179. The number of nitriles is 1. The lowest BCUT2D eigenvalue weighted by atomic mass is 10.1. The molecular formula is C25H20I2N2O5S. The molecule has 3 aromatic carbocycles. The second kappa shape index (κ2) is 11.9. The Labute approximate surface area is 231 Å². The van der Waals surface area contributed by atoms with E-state index in [9.17, 15) is 18.5 Å². The average Bonchev–Trinajstić information content (AvgIpc) is 2.81. The Kier molecular flexibility index (Phi) is 9.15. The average molecular weight is 714 g/mol. The minimum Gasteiger partial charge on any atom is -0.490 e. The van der Waals surface area contributed by atoms with Crippen molar-refractivity contribution in [2.24, 2.45) is 0 Å². The molecule has 1 amide bonds. The normalized spacial score (nSPS) is 11.5. The van der Waals surface area contributed by atoms with Crippen LogP contribution in [0.25, 0.3) is 6.08 Å². The zero-order chi connectivity index (χ0) is 25.6. The van der Waals surface area contributed by atoms with Gasteiger partial charge in [-0.3, -0.25) is 4.79 Å². The highest BCUT2D eigenvalue weighted by Crippen LogP contribution is 2.37. The Morgan fingerprint density at radius 2 is 1.74 bits per heavy atom. The van der Waals surface area contributed by atoms with Crippen molar-refractivity contribution in [3.63, 3.8) is 0 Å². The molecule has 3 rings (SSSR count). The fourth-order valence-corrected chi connectivity index (χ4v) is 5.13. The molecule has 10 heteroatoms. The molecule has 35 heavy (non-hydrogen) atoms. The number of amides is 1. The summed E-state index contributed by atoms with van der Waals surface area (Å²) < 4.78 is 38.2. The number of ether oxygens (including phenoxy) is 1. The topological polar surface area (TPSA) is 105 Å². The van der Waals surface area contributed by atoms with Gasteiger partial charge in [-0.15, -0.1) is 0 Å². The van der Waals surface area contributed by atoms with E-state index in [1.54, 1.807) is 37.3 Å². The molecule has 0 aliphatic rings. The van der Waals surface area contributed by atoms with Gasteiger partial charge in [0, 0.05) is 9.26 Å². The molecule has 0 atom stereocenters. The van der Waals surface area contributed by atoms with Gasteiger partial charge in [-0.25, -0.2) is 0 Å². The molecular weight excluding hydrogens is 694 g/mol. The van der Waals surface area contributed by atoms with E-state index in [4.69, 9.17) is 8.92 Å². The molecule has 0 bridgehead atoms. The number of hydrogen-bond acceptors (Lipinski definition) is 6. The quantitative estimate of drug-likeness (QED) is 0.135. The molecule has 7 nitrogen and oxygen atoms in total. The number of nitrogens with zero attached hydrogens (tertiary/aromatic N) is 1. The number of nitrogens with one attached hydrogen (secondary N) is 1. The van der Waals surface area contributed by atoms with Gasteiger partial charge in [0.15, 0.2) is 11.5 Å². The van der Waals surface area contributed by atoms with Gasteiger partial charge in [0.2, 0.25) is 0 Å². The molecule has 0 radical (unpaired) electrons. The van der Waals surface area contributed by atoms with Gasteiger partial charge < -0.3 is 14.2 Å². The van der Waals surface area contributed by atoms with E-state index >= 15 is 0 Å². The highest BCUT2D eigenvalue weighted by atomic mass is 127. The van der Waals surface area contributed by atoms with Crippen LogP contribution in [-0.4, -0.2) is 20.9 Å². The van der Waals surface area contributed by atoms with Crippen molar-refractivity contribution in [1.29, 1.82) is 5.26 Å². The van der Waals surface area contributed by atoms with Crippen LogP contribution in [0.2, 0.25) is 0 Å². The van der Waals surface area contributed by atoms with Gasteiger partial charge in [0.1, 0.15) is 16.5 Å². The zero-order valence-corrected chi connectivity index (χ0v) is 23.8. The third kappa shape index (κ3) is 7.18. The van der Waals surface area contributed by atoms with Crippen LogP contribution >= 0.6 is 45.2 Å². The predicted molar refractivity (Wildman–Crippen MR) is 151 cm³/mol. The Morgan fingerprint density at radius 3 is 2.34 bits per heavy atom. The summed E-state index contributed by atoms with van der Waals surface area (Å²) in [5.41, 5.74) is 1.84. The molecule has 1 N–H and O–H groups in total. The van der Waals surface area contributed by atoms with Gasteiger partial charge in [-0.05, 0) is 119 Å². The van der Waals surface area contributed by atoms with E-state index in [1.165, 1.54) is 24.3 Å². The number of benzene rings is 3. The number of anilines is 1. The van der Waals surface area contributed by atoms with Crippen molar-refractivity contribution in [2.75, 3.05) is 11.9 Å². The monoisotopic (exact) mass is 714 g/mol. The van der Waals surface area contributed by atoms with Crippen LogP contribution < -0.4 is 14.2 Å². The van der Waals surface area contributed by atoms with Crippen molar-refractivity contribution in [3.05, 3.63) is 84.5 Å². The minimum atomic E-state index is -4.10. The van der Waals surface area contributed by atoms with E-state index in [2.05, 4.69) is 27.9 Å². The molecule has 0 heterocycles. The highest BCUT2D eigenvalue weighted by Gasteiger charge is 2.22. The van der Waals surface area contributed by atoms with Crippen molar-refractivity contribution < 1.29 is 22.1 Å². The molecule has 0 spiro atoms. The van der Waals surface area contributed by atoms with Gasteiger partial charge in [0.25, 0.3) is 5.91 Å². The molecule has 0 saturated carbocycles. The maximum atomic E-state index is 12.8. The number of rotatable bonds is 8.